The number of carbonyl (C=O) groups is 1. The van der Waals surface area contributed by atoms with Crippen molar-refractivity contribution in [3.63, 3.8) is 0 Å². The minimum atomic E-state index is -0.474. The second kappa shape index (κ2) is 7.71. The number of rotatable bonds is 8. The van der Waals surface area contributed by atoms with E-state index in [2.05, 4.69) is 15.5 Å². The molecule has 0 radical (unpaired) electrons. The Morgan fingerprint density at radius 3 is 2.62 bits per heavy atom. The zero-order valence-corrected chi connectivity index (χ0v) is 14.2. The highest BCUT2D eigenvalue weighted by Gasteiger charge is 2.16. The molecule has 0 aliphatic heterocycles. The minimum Gasteiger partial charge on any atom is -0.356 e. The predicted molar refractivity (Wildman–Crippen MR) is 87.6 cm³/mol. The summed E-state index contributed by atoms with van der Waals surface area (Å²) in [5.74, 6) is -0.0964. The summed E-state index contributed by atoms with van der Waals surface area (Å²) >= 11 is 0. The van der Waals surface area contributed by atoms with Gasteiger partial charge in [0.25, 0.3) is 0 Å². The summed E-state index contributed by atoms with van der Waals surface area (Å²) in [4.78, 5) is 22.1. The SMILES string of the molecule is Cc1cc(C)n(CCCNC(=O)CCn2ncc([N+](=O)[O-])c2C)n1. The van der Waals surface area contributed by atoms with Crippen LogP contribution in [0.3, 0.4) is 0 Å². The molecule has 1 N–H and O–H groups in total. The summed E-state index contributed by atoms with van der Waals surface area (Å²) in [6.45, 7) is 7.22. The van der Waals surface area contributed by atoms with E-state index < -0.39 is 4.92 Å². The molecule has 0 saturated heterocycles. The lowest BCUT2D eigenvalue weighted by Crippen LogP contribution is -2.26. The molecule has 1 amide bonds. The number of hydrogen-bond donors (Lipinski definition) is 1. The van der Waals surface area contributed by atoms with Crippen molar-refractivity contribution in [1.82, 2.24) is 24.9 Å². The molecule has 0 fully saturated rings. The van der Waals surface area contributed by atoms with E-state index in [-0.39, 0.29) is 18.0 Å². The summed E-state index contributed by atoms with van der Waals surface area (Å²) < 4.78 is 3.40. The molecule has 130 valence electrons. The predicted octanol–water partition coefficient (Wildman–Crippen LogP) is 1.51. The molecule has 0 unspecified atom stereocenters. The summed E-state index contributed by atoms with van der Waals surface area (Å²) in [7, 11) is 0. The van der Waals surface area contributed by atoms with Crippen LogP contribution < -0.4 is 5.32 Å². The Bertz CT molecular complexity index is 734. The summed E-state index contributed by atoms with van der Waals surface area (Å²) in [6.07, 6.45) is 2.24. The maximum absolute atomic E-state index is 11.8. The van der Waals surface area contributed by atoms with Crippen molar-refractivity contribution in [3.8, 4) is 0 Å². The highest BCUT2D eigenvalue weighted by atomic mass is 16.6. The second-order valence-corrected chi connectivity index (χ2v) is 5.70. The number of aromatic nitrogens is 4. The highest BCUT2D eigenvalue weighted by Crippen LogP contribution is 2.16. The van der Waals surface area contributed by atoms with Crippen molar-refractivity contribution in [2.24, 2.45) is 0 Å². The molecule has 2 heterocycles. The van der Waals surface area contributed by atoms with Crippen LogP contribution in [0.1, 0.15) is 29.9 Å². The Labute approximate surface area is 139 Å². The maximum atomic E-state index is 11.8. The van der Waals surface area contributed by atoms with Crippen molar-refractivity contribution in [2.45, 2.75) is 46.7 Å². The normalized spacial score (nSPS) is 10.8. The van der Waals surface area contributed by atoms with Gasteiger partial charge in [0.1, 0.15) is 11.9 Å². The van der Waals surface area contributed by atoms with E-state index in [0.717, 1.165) is 24.4 Å². The van der Waals surface area contributed by atoms with Gasteiger partial charge < -0.3 is 5.32 Å². The van der Waals surface area contributed by atoms with Gasteiger partial charge in [0.15, 0.2) is 0 Å². The number of carbonyl (C=O) groups excluding carboxylic acids is 1. The van der Waals surface area contributed by atoms with Crippen LogP contribution in [0.4, 0.5) is 5.69 Å². The average Bonchev–Trinajstić information content (AvgIpc) is 3.03. The van der Waals surface area contributed by atoms with Crippen LogP contribution in [-0.4, -0.2) is 36.9 Å². The fourth-order valence-electron chi connectivity index (χ4n) is 2.50. The Kier molecular flexibility index (Phi) is 5.67. The lowest BCUT2D eigenvalue weighted by molar-refractivity contribution is -0.385. The third-order valence-electron chi connectivity index (χ3n) is 3.80. The van der Waals surface area contributed by atoms with Crippen LogP contribution >= 0.6 is 0 Å². The van der Waals surface area contributed by atoms with E-state index in [1.54, 1.807) is 6.92 Å². The zero-order chi connectivity index (χ0) is 17.7. The quantitative estimate of drug-likeness (QED) is 0.447. The van der Waals surface area contributed by atoms with Crippen LogP contribution in [0.15, 0.2) is 12.3 Å². The number of aryl methyl sites for hydroxylation is 4. The molecule has 0 spiro atoms. The molecule has 9 heteroatoms. The van der Waals surface area contributed by atoms with Crippen molar-refractivity contribution in [3.05, 3.63) is 39.5 Å². The molecule has 0 atom stereocenters. The molecule has 24 heavy (non-hydrogen) atoms. The van der Waals surface area contributed by atoms with Crippen molar-refractivity contribution >= 4 is 11.6 Å². The number of nitrogens with zero attached hydrogens (tertiary/aromatic N) is 5. The van der Waals surface area contributed by atoms with Gasteiger partial charge in [-0.05, 0) is 33.3 Å². The lowest BCUT2D eigenvalue weighted by atomic mass is 10.3. The van der Waals surface area contributed by atoms with Crippen LogP contribution in [0.2, 0.25) is 0 Å². The number of nitro groups is 1. The molecule has 0 saturated carbocycles. The zero-order valence-electron chi connectivity index (χ0n) is 14.2. The summed E-state index contributed by atoms with van der Waals surface area (Å²) in [5.41, 5.74) is 2.52. The largest absolute Gasteiger partial charge is 0.356 e. The average molecular weight is 334 g/mol. The number of amides is 1. The van der Waals surface area contributed by atoms with Crippen LogP contribution in [0.5, 0.6) is 0 Å². The second-order valence-electron chi connectivity index (χ2n) is 5.70. The highest BCUT2D eigenvalue weighted by molar-refractivity contribution is 5.75. The standard InChI is InChI=1S/C15H22N6O3/c1-11-9-12(2)19(18-11)7-4-6-16-15(22)5-8-20-13(3)14(10-17-20)21(23)24/h9-10H,4-8H2,1-3H3,(H,16,22). The van der Waals surface area contributed by atoms with Crippen LogP contribution in [0.25, 0.3) is 0 Å². The van der Waals surface area contributed by atoms with Gasteiger partial charge in [0.2, 0.25) is 5.91 Å². The van der Waals surface area contributed by atoms with Gasteiger partial charge in [-0.2, -0.15) is 10.2 Å². The topological polar surface area (TPSA) is 108 Å². The van der Waals surface area contributed by atoms with Crippen LogP contribution in [-0.2, 0) is 17.9 Å². The van der Waals surface area contributed by atoms with Crippen LogP contribution in [0, 0.1) is 30.9 Å². The first kappa shape index (κ1) is 17.6. The van der Waals surface area contributed by atoms with E-state index in [1.807, 2.05) is 24.6 Å². The fourth-order valence-corrected chi connectivity index (χ4v) is 2.50. The van der Waals surface area contributed by atoms with Crippen molar-refractivity contribution in [1.29, 1.82) is 0 Å². The Hall–Kier alpha value is -2.71. The Balaban J connectivity index is 1.70. The van der Waals surface area contributed by atoms with Gasteiger partial charge in [-0.15, -0.1) is 0 Å². The summed E-state index contributed by atoms with van der Waals surface area (Å²) in [5, 5.41) is 21.9. The van der Waals surface area contributed by atoms with E-state index in [0.29, 0.717) is 18.8 Å². The Morgan fingerprint density at radius 1 is 1.29 bits per heavy atom. The van der Waals surface area contributed by atoms with Gasteiger partial charge in [-0.3, -0.25) is 24.3 Å². The van der Waals surface area contributed by atoms with Crippen molar-refractivity contribution < 1.29 is 9.72 Å². The first-order valence-corrected chi connectivity index (χ1v) is 7.83. The molecule has 2 aromatic heterocycles. The molecular formula is C15H22N6O3. The molecule has 9 nitrogen and oxygen atoms in total. The van der Waals surface area contributed by atoms with Crippen molar-refractivity contribution in [2.75, 3.05) is 6.54 Å². The van der Waals surface area contributed by atoms with Gasteiger partial charge in [0.05, 0.1) is 17.2 Å². The third-order valence-corrected chi connectivity index (χ3v) is 3.80. The molecule has 0 bridgehead atoms. The van der Waals surface area contributed by atoms with E-state index in [1.165, 1.54) is 10.9 Å². The molecule has 0 aliphatic carbocycles. The first-order chi connectivity index (χ1) is 11.4. The maximum Gasteiger partial charge on any atom is 0.309 e. The molecule has 0 aromatic carbocycles. The third kappa shape index (κ3) is 4.40. The Morgan fingerprint density at radius 2 is 2.04 bits per heavy atom. The van der Waals surface area contributed by atoms with Gasteiger partial charge in [-0.25, -0.2) is 0 Å². The molecule has 2 aromatic rings. The van der Waals surface area contributed by atoms with Gasteiger partial charge in [0, 0.05) is 25.2 Å². The fraction of sp³-hybridized carbons (Fsp3) is 0.533. The van der Waals surface area contributed by atoms with Gasteiger partial charge >= 0.3 is 5.69 Å². The lowest BCUT2D eigenvalue weighted by Gasteiger charge is -2.07. The number of hydrogen-bond acceptors (Lipinski definition) is 5. The monoisotopic (exact) mass is 334 g/mol. The first-order valence-electron chi connectivity index (χ1n) is 7.83. The van der Waals surface area contributed by atoms with E-state index >= 15 is 0 Å². The smallest absolute Gasteiger partial charge is 0.309 e. The van der Waals surface area contributed by atoms with E-state index in [4.69, 9.17) is 0 Å². The summed E-state index contributed by atoms with van der Waals surface area (Å²) in [6, 6.07) is 2.02. The molecule has 2 rings (SSSR count). The van der Waals surface area contributed by atoms with Gasteiger partial charge in [-0.1, -0.05) is 0 Å². The number of nitrogens with one attached hydrogen (secondary N) is 1. The molecular weight excluding hydrogens is 312 g/mol. The van der Waals surface area contributed by atoms with E-state index in [9.17, 15) is 14.9 Å². The minimum absolute atomic E-state index is 0.0275. The molecule has 0 aliphatic rings.